The molecular formula is C25H38N4O4S2. The number of amides is 2. The third-order valence-electron chi connectivity index (χ3n) is 5.61. The number of thiocarbonyl (C=S) groups is 2. The second-order valence-electron chi connectivity index (χ2n) is 8.34. The lowest BCUT2D eigenvalue weighted by molar-refractivity contribution is 0.0644. The van der Waals surface area contributed by atoms with Crippen LogP contribution in [0.2, 0.25) is 0 Å². The molecule has 0 spiro atoms. The molecule has 1 aliphatic heterocycles. The Morgan fingerprint density at radius 1 is 0.829 bits per heavy atom. The van der Waals surface area contributed by atoms with Crippen LogP contribution in [0.15, 0.2) is 24.3 Å². The second kappa shape index (κ2) is 16.4. The molecule has 10 heteroatoms. The molecule has 1 aliphatic rings. The van der Waals surface area contributed by atoms with Crippen LogP contribution in [0.4, 0.5) is 0 Å². The zero-order valence-electron chi connectivity index (χ0n) is 20.8. The van der Waals surface area contributed by atoms with E-state index in [0.717, 1.165) is 38.8 Å². The van der Waals surface area contributed by atoms with Crippen molar-refractivity contribution in [2.24, 2.45) is 0 Å². The van der Waals surface area contributed by atoms with Crippen LogP contribution < -0.4 is 10.6 Å². The number of imide groups is 1. The van der Waals surface area contributed by atoms with Crippen molar-refractivity contribution in [2.75, 3.05) is 52.5 Å². The van der Waals surface area contributed by atoms with Crippen LogP contribution in [0.3, 0.4) is 0 Å². The number of benzene rings is 1. The van der Waals surface area contributed by atoms with Gasteiger partial charge in [0.15, 0.2) is 0 Å². The third kappa shape index (κ3) is 10.1. The third-order valence-corrected chi connectivity index (χ3v) is 6.14. The number of carbonyl (C=O) groups excluding carboxylic acids is 2. The normalized spacial score (nSPS) is 12.6. The molecular weight excluding hydrogens is 484 g/mol. The molecule has 0 aliphatic carbocycles. The molecule has 1 heterocycles. The Morgan fingerprint density at radius 3 is 1.77 bits per heavy atom. The number of rotatable bonds is 16. The molecule has 0 fully saturated rings. The van der Waals surface area contributed by atoms with Crippen LogP contribution in [-0.4, -0.2) is 84.4 Å². The molecule has 1 aromatic rings. The van der Waals surface area contributed by atoms with Crippen molar-refractivity contribution in [3.63, 3.8) is 0 Å². The highest BCUT2D eigenvalue weighted by atomic mass is 32.1. The highest BCUT2D eigenvalue weighted by molar-refractivity contribution is 7.80. The zero-order chi connectivity index (χ0) is 25.5. The van der Waals surface area contributed by atoms with Gasteiger partial charge >= 0.3 is 0 Å². The van der Waals surface area contributed by atoms with Gasteiger partial charge in [-0.05, 0) is 55.8 Å². The van der Waals surface area contributed by atoms with E-state index in [4.69, 9.17) is 33.9 Å². The summed E-state index contributed by atoms with van der Waals surface area (Å²) >= 11 is 10.5. The fourth-order valence-corrected chi connectivity index (χ4v) is 3.97. The van der Waals surface area contributed by atoms with E-state index in [1.807, 2.05) is 0 Å². The number of fused-ring (bicyclic) bond motifs is 1. The molecule has 1 aromatic carbocycles. The van der Waals surface area contributed by atoms with Crippen LogP contribution in [0.25, 0.3) is 0 Å². The first-order valence-electron chi connectivity index (χ1n) is 12.5. The second-order valence-corrected chi connectivity index (χ2v) is 9.08. The monoisotopic (exact) mass is 522 g/mol. The van der Waals surface area contributed by atoms with Crippen molar-refractivity contribution in [3.8, 4) is 0 Å². The first-order valence-corrected chi connectivity index (χ1v) is 13.3. The van der Waals surface area contributed by atoms with Crippen molar-refractivity contribution in [3.05, 3.63) is 35.4 Å². The highest BCUT2D eigenvalue weighted by Crippen LogP contribution is 2.22. The van der Waals surface area contributed by atoms with Gasteiger partial charge in [0.05, 0.1) is 11.1 Å². The molecule has 0 bridgehead atoms. The SMILES string of the molecule is CCCCNC(=S)OCCN(CCCN1C(=O)c2ccccc2C1=O)CCOC(=S)NCCCC. The molecule has 0 atom stereocenters. The lowest BCUT2D eigenvalue weighted by Crippen LogP contribution is -2.37. The van der Waals surface area contributed by atoms with Gasteiger partial charge in [-0.2, -0.15) is 0 Å². The van der Waals surface area contributed by atoms with Crippen molar-refractivity contribution in [1.82, 2.24) is 20.4 Å². The maximum absolute atomic E-state index is 12.6. The number of hydrogen-bond donors (Lipinski definition) is 2. The van der Waals surface area contributed by atoms with Gasteiger partial charge in [0.25, 0.3) is 22.2 Å². The summed E-state index contributed by atoms with van der Waals surface area (Å²) in [5, 5.41) is 7.00. The summed E-state index contributed by atoms with van der Waals surface area (Å²) in [6, 6.07) is 6.95. The largest absolute Gasteiger partial charge is 0.470 e. The average Bonchev–Trinajstić information content (AvgIpc) is 3.09. The maximum atomic E-state index is 12.6. The van der Waals surface area contributed by atoms with E-state index in [-0.39, 0.29) is 11.8 Å². The summed E-state index contributed by atoms with van der Waals surface area (Å²) in [7, 11) is 0. The lowest BCUT2D eigenvalue weighted by atomic mass is 10.1. The Kier molecular flexibility index (Phi) is 13.5. The van der Waals surface area contributed by atoms with E-state index in [0.29, 0.717) is 67.3 Å². The molecule has 2 amide bonds. The summed E-state index contributed by atoms with van der Waals surface area (Å²) < 4.78 is 11.3. The van der Waals surface area contributed by atoms with Crippen molar-refractivity contribution >= 4 is 46.6 Å². The average molecular weight is 523 g/mol. The number of nitrogens with one attached hydrogen (secondary N) is 2. The molecule has 0 unspecified atom stereocenters. The van der Waals surface area contributed by atoms with Gasteiger partial charge in [0.2, 0.25) is 0 Å². The topological polar surface area (TPSA) is 83.1 Å². The summed E-state index contributed by atoms with van der Waals surface area (Å²) in [5.74, 6) is -0.452. The molecule has 2 N–H and O–H groups in total. The molecule has 0 saturated heterocycles. The van der Waals surface area contributed by atoms with Gasteiger partial charge in [-0.3, -0.25) is 19.4 Å². The molecule has 0 aromatic heterocycles. The molecule has 0 radical (unpaired) electrons. The predicted octanol–water partition coefficient (Wildman–Crippen LogP) is 3.36. The number of ether oxygens (including phenoxy) is 2. The van der Waals surface area contributed by atoms with E-state index in [1.54, 1.807) is 24.3 Å². The number of hydrogen-bond acceptors (Lipinski definition) is 7. The summed E-state index contributed by atoms with van der Waals surface area (Å²) in [4.78, 5) is 28.7. The van der Waals surface area contributed by atoms with E-state index >= 15 is 0 Å². The van der Waals surface area contributed by atoms with Gasteiger partial charge in [0.1, 0.15) is 13.2 Å². The quantitative estimate of drug-likeness (QED) is 0.193. The predicted molar refractivity (Wildman–Crippen MR) is 146 cm³/mol. The van der Waals surface area contributed by atoms with Crippen LogP contribution >= 0.6 is 24.4 Å². The van der Waals surface area contributed by atoms with Crippen LogP contribution in [-0.2, 0) is 9.47 Å². The Bertz CT molecular complexity index is 790. The maximum Gasteiger partial charge on any atom is 0.261 e. The zero-order valence-corrected chi connectivity index (χ0v) is 22.5. The minimum atomic E-state index is -0.226. The summed E-state index contributed by atoms with van der Waals surface area (Å²) in [6.07, 6.45) is 4.90. The molecule has 2 rings (SSSR count). The minimum Gasteiger partial charge on any atom is -0.470 e. The standard InChI is InChI=1S/C25H38N4O4S2/c1-3-5-12-26-24(34)32-18-16-28(17-19-33-25(35)27-13-6-4-2)14-9-15-29-22(30)20-10-7-8-11-21(20)23(29)31/h7-8,10-11H,3-6,9,12-19H2,1-2H3,(H,26,34)(H,27,35). The van der Waals surface area contributed by atoms with E-state index in [9.17, 15) is 9.59 Å². The fraction of sp³-hybridized carbons (Fsp3) is 0.600. The van der Waals surface area contributed by atoms with Crippen molar-refractivity contribution in [1.29, 1.82) is 0 Å². The first-order chi connectivity index (χ1) is 17.0. The molecule has 35 heavy (non-hydrogen) atoms. The van der Waals surface area contributed by atoms with Crippen LogP contribution in [0, 0.1) is 0 Å². The fourth-order valence-electron chi connectivity index (χ4n) is 3.60. The Labute approximate surface area is 219 Å². The van der Waals surface area contributed by atoms with E-state index in [2.05, 4.69) is 29.4 Å². The minimum absolute atomic E-state index is 0.226. The lowest BCUT2D eigenvalue weighted by Gasteiger charge is -2.24. The van der Waals surface area contributed by atoms with Crippen molar-refractivity contribution in [2.45, 2.75) is 46.0 Å². The number of nitrogens with zero attached hydrogens (tertiary/aromatic N) is 2. The van der Waals surface area contributed by atoms with E-state index in [1.165, 1.54) is 4.90 Å². The highest BCUT2D eigenvalue weighted by Gasteiger charge is 2.34. The Balaban J connectivity index is 1.80. The first kappa shape index (κ1) is 28.9. The van der Waals surface area contributed by atoms with Gasteiger partial charge in [-0.15, -0.1) is 0 Å². The number of carbonyl (C=O) groups is 2. The number of unbranched alkanes of at least 4 members (excludes halogenated alkanes) is 2. The molecule has 194 valence electrons. The molecule has 8 nitrogen and oxygen atoms in total. The van der Waals surface area contributed by atoms with Crippen LogP contribution in [0.1, 0.15) is 66.7 Å². The van der Waals surface area contributed by atoms with Gasteiger partial charge < -0.3 is 20.1 Å². The molecule has 0 saturated carbocycles. The van der Waals surface area contributed by atoms with Gasteiger partial charge in [-0.25, -0.2) is 0 Å². The van der Waals surface area contributed by atoms with Crippen LogP contribution in [0.5, 0.6) is 0 Å². The Morgan fingerprint density at radius 2 is 1.31 bits per heavy atom. The smallest absolute Gasteiger partial charge is 0.261 e. The van der Waals surface area contributed by atoms with Crippen molar-refractivity contribution < 1.29 is 19.1 Å². The van der Waals surface area contributed by atoms with E-state index < -0.39 is 0 Å². The summed E-state index contributed by atoms with van der Waals surface area (Å²) in [5.41, 5.74) is 0.952. The summed E-state index contributed by atoms with van der Waals surface area (Å²) in [6.45, 7) is 9.02. The Hall–Kier alpha value is -2.30. The van der Waals surface area contributed by atoms with Gasteiger partial charge in [0, 0.05) is 39.3 Å². The van der Waals surface area contributed by atoms with Gasteiger partial charge in [-0.1, -0.05) is 38.8 Å².